The number of carbonyl (C=O) groups excluding carboxylic acids is 3. The Morgan fingerprint density at radius 2 is 1.39 bits per heavy atom. The Bertz CT molecular complexity index is 700. The molecule has 1 aromatic rings. The third kappa shape index (κ3) is 5.67. The van der Waals surface area contributed by atoms with Crippen LogP contribution in [0.2, 0.25) is 0 Å². The molecule has 0 saturated carbocycles. The second kappa shape index (κ2) is 9.52. The highest BCUT2D eigenvalue weighted by atomic mass is 16.7. The molecule has 1 aliphatic rings. The molecule has 0 aromatic heterocycles. The van der Waals surface area contributed by atoms with Crippen LogP contribution in [0, 0.1) is 6.92 Å². The second-order valence-electron chi connectivity index (χ2n) is 6.38. The van der Waals surface area contributed by atoms with E-state index in [1.807, 2.05) is 19.1 Å². The number of esters is 3. The van der Waals surface area contributed by atoms with Crippen molar-refractivity contribution in [2.45, 2.75) is 58.4 Å². The Kier molecular flexibility index (Phi) is 7.36. The van der Waals surface area contributed by atoms with E-state index in [4.69, 9.17) is 23.7 Å². The largest absolute Gasteiger partial charge is 0.461 e. The van der Waals surface area contributed by atoms with Crippen LogP contribution in [-0.4, -0.2) is 60.3 Å². The standard InChI is InChI=1S/C19H24O9/c1-10-5-7-14(8-6-10)27-19-18(26-13(4)23)17(25-12(3)22)16(24-11(2)21)15(9-20)28-19/h5-8,15-20H,9H2,1-4H3/t15-,16-,17+,18-,19-/m1/s1. The SMILES string of the molecule is CC(=O)O[C@@H]1[C@@H](OC(C)=O)[C@H](Oc2ccc(C)cc2)O[C@H](CO)[C@H]1OC(C)=O. The fraction of sp³-hybridized carbons (Fsp3) is 0.526. The molecule has 0 unspecified atom stereocenters. The summed E-state index contributed by atoms with van der Waals surface area (Å²) < 4.78 is 27.2. The summed E-state index contributed by atoms with van der Waals surface area (Å²) in [7, 11) is 0. The van der Waals surface area contributed by atoms with Crippen molar-refractivity contribution in [1.82, 2.24) is 0 Å². The van der Waals surface area contributed by atoms with Crippen molar-refractivity contribution < 1.29 is 43.2 Å². The molecule has 1 aromatic carbocycles. The van der Waals surface area contributed by atoms with Gasteiger partial charge in [-0.15, -0.1) is 0 Å². The number of aryl methyl sites for hydroxylation is 1. The van der Waals surface area contributed by atoms with Gasteiger partial charge in [-0.1, -0.05) is 17.7 Å². The van der Waals surface area contributed by atoms with Crippen LogP contribution in [0.1, 0.15) is 26.3 Å². The summed E-state index contributed by atoms with van der Waals surface area (Å²) in [6, 6.07) is 7.01. The van der Waals surface area contributed by atoms with E-state index in [0.29, 0.717) is 5.75 Å². The van der Waals surface area contributed by atoms with Crippen LogP contribution in [0.5, 0.6) is 5.75 Å². The Morgan fingerprint density at radius 1 is 0.893 bits per heavy atom. The third-order valence-corrected chi connectivity index (χ3v) is 3.95. The van der Waals surface area contributed by atoms with Crippen LogP contribution in [0.3, 0.4) is 0 Å². The van der Waals surface area contributed by atoms with Gasteiger partial charge in [-0.2, -0.15) is 0 Å². The predicted molar refractivity (Wildman–Crippen MR) is 94.2 cm³/mol. The molecule has 0 spiro atoms. The first-order valence-electron chi connectivity index (χ1n) is 8.72. The van der Waals surface area contributed by atoms with Crippen molar-refractivity contribution in [2.75, 3.05) is 6.61 Å². The zero-order valence-electron chi connectivity index (χ0n) is 16.1. The van der Waals surface area contributed by atoms with Gasteiger partial charge in [0.15, 0.2) is 12.2 Å². The minimum atomic E-state index is -1.23. The fourth-order valence-corrected chi connectivity index (χ4v) is 2.85. The summed E-state index contributed by atoms with van der Waals surface area (Å²) in [6.07, 6.45) is -5.91. The van der Waals surface area contributed by atoms with E-state index < -0.39 is 55.2 Å². The second-order valence-corrected chi connectivity index (χ2v) is 6.38. The van der Waals surface area contributed by atoms with Crippen LogP contribution >= 0.6 is 0 Å². The Labute approximate surface area is 162 Å². The smallest absolute Gasteiger partial charge is 0.303 e. The molecule has 0 bridgehead atoms. The highest BCUT2D eigenvalue weighted by Crippen LogP contribution is 2.30. The number of aliphatic hydroxyl groups excluding tert-OH is 1. The molecule has 2 rings (SSSR count). The van der Waals surface area contributed by atoms with Gasteiger partial charge in [0.1, 0.15) is 11.9 Å². The number of benzene rings is 1. The summed E-state index contributed by atoms with van der Waals surface area (Å²) >= 11 is 0. The first kappa shape index (κ1) is 21.6. The van der Waals surface area contributed by atoms with Gasteiger partial charge in [0.25, 0.3) is 0 Å². The lowest BCUT2D eigenvalue weighted by molar-refractivity contribution is -0.287. The third-order valence-electron chi connectivity index (χ3n) is 3.95. The van der Waals surface area contributed by atoms with Gasteiger partial charge in [-0.25, -0.2) is 0 Å². The van der Waals surface area contributed by atoms with Gasteiger partial charge >= 0.3 is 17.9 Å². The maximum absolute atomic E-state index is 11.6. The molecule has 1 saturated heterocycles. The van der Waals surface area contributed by atoms with Gasteiger partial charge in [0.2, 0.25) is 12.4 Å². The number of carbonyl (C=O) groups is 3. The van der Waals surface area contributed by atoms with Crippen molar-refractivity contribution in [3.05, 3.63) is 29.8 Å². The highest BCUT2D eigenvalue weighted by Gasteiger charge is 2.52. The normalized spacial score (nSPS) is 26.8. The van der Waals surface area contributed by atoms with Gasteiger partial charge in [0.05, 0.1) is 6.61 Å². The lowest BCUT2D eigenvalue weighted by Gasteiger charge is -2.43. The van der Waals surface area contributed by atoms with Crippen molar-refractivity contribution in [2.24, 2.45) is 0 Å². The van der Waals surface area contributed by atoms with E-state index in [0.717, 1.165) is 19.4 Å². The summed E-state index contributed by atoms with van der Waals surface area (Å²) in [5, 5.41) is 9.69. The summed E-state index contributed by atoms with van der Waals surface area (Å²) in [5.74, 6) is -1.63. The molecular weight excluding hydrogens is 372 g/mol. The molecule has 28 heavy (non-hydrogen) atoms. The van der Waals surface area contributed by atoms with Crippen LogP contribution in [0.4, 0.5) is 0 Å². The van der Waals surface area contributed by atoms with Crippen molar-refractivity contribution >= 4 is 17.9 Å². The molecule has 9 heteroatoms. The van der Waals surface area contributed by atoms with E-state index in [2.05, 4.69) is 0 Å². The molecule has 154 valence electrons. The first-order chi connectivity index (χ1) is 13.2. The summed E-state index contributed by atoms with van der Waals surface area (Å²) in [4.78, 5) is 34.8. The molecule has 0 amide bonds. The van der Waals surface area contributed by atoms with Gasteiger partial charge < -0.3 is 28.8 Å². The molecule has 1 aliphatic heterocycles. The first-order valence-corrected chi connectivity index (χ1v) is 8.72. The Balaban J connectivity index is 2.38. The van der Waals surface area contributed by atoms with Gasteiger partial charge in [-0.05, 0) is 19.1 Å². The molecule has 5 atom stereocenters. The number of hydrogen-bond donors (Lipinski definition) is 1. The summed E-state index contributed by atoms with van der Waals surface area (Å²) in [6.45, 7) is 4.86. The number of hydrogen-bond acceptors (Lipinski definition) is 9. The van der Waals surface area contributed by atoms with E-state index in [-0.39, 0.29) is 0 Å². The predicted octanol–water partition coefficient (Wildman–Crippen LogP) is 0.886. The number of rotatable bonds is 6. The zero-order chi connectivity index (χ0) is 20.8. The highest BCUT2D eigenvalue weighted by molar-refractivity contribution is 5.68. The van der Waals surface area contributed by atoms with Crippen molar-refractivity contribution in [3.63, 3.8) is 0 Å². The molecule has 1 N–H and O–H groups in total. The maximum Gasteiger partial charge on any atom is 0.303 e. The minimum Gasteiger partial charge on any atom is -0.461 e. The Hall–Kier alpha value is -2.65. The average Bonchev–Trinajstić information content (AvgIpc) is 2.60. The van der Waals surface area contributed by atoms with Gasteiger partial charge in [0, 0.05) is 20.8 Å². The van der Waals surface area contributed by atoms with Crippen LogP contribution in [0.15, 0.2) is 24.3 Å². The van der Waals surface area contributed by atoms with Crippen LogP contribution < -0.4 is 4.74 Å². The maximum atomic E-state index is 11.6. The molecule has 1 heterocycles. The van der Waals surface area contributed by atoms with Crippen LogP contribution in [0.25, 0.3) is 0 Å². The number of ether oxygens (including phenoxy) is 5. The van der Waals surface area contributed by atoms with E-state index >= 15 is 0 Å². The fourth-order valence-electron chi connectivity index (χ4n) is 2.85. The van der Waals surface area contributed by atoms with E-state index in [9.17, 15) is 19.5 Å². The van der Waals surface area contributed by atoms with Gasteiger partial charge in [-0.3, -0.25) is 14.4 Å². The molecule has 0 aliphatic carbocycles. The molecular formula is C19H24O9. The zero-order valence-corrected chi connectivity index (χ0v) is 16.1. The van der Waals surface area contributed by atoms with E-state index in [1.54, 1.807) is 12.1 Å². The lowest BCUT2D eigenvalue weighted by Crippen LogP contribution is -2.63. The van der Waals surface area contributed by atoms with E-state index in [1.165, 1.54) is 6.92 Å². The lowest BCUT2D eigenvalue weighted by atomic mass is 9.98. The Morgan fingerprint density at radius 3 is 1.89 bits per heavy atom. The summed E-state index contributed by atoms with van der Waals surface area (Å²) in [5.41, 5.74) is 1.01. The number of aliphatic hydroxyl groups is 1. The topological polar surface area (TPSA) is 118 Å². The average molecular weight is 396 g/mol. The monoisotopic (exact) mass is 396 g/mol. The van der Waals surface area contributed by atoms with Crippen LogP contribution in [-0.2, 0) is 33.3 Å². The quantitative estimate of drug-likeness (QED) is 0.552. The molecule has 9 nitrogen and oxygen atoms in total. The van der Waals surface area contributed by atoms with Crippen molar-refractivity contribution in [1.29, 1.82) is 0 Å². The molecule has 0 radical (unpaired) electrons. The minimum absolute atomic E-state index is 0.414. The van der Waals surface area contributed by atoms with Crippen molar-refractivity contribution in [3.8, 4) is 5.75 Å². The molecule has 1 fully saturated rings.